The van der Waals surface area contributed by atoms with Crippen molar-refractivity contribution in [1.29, 1.82) is 0 Å². The Balaban J connectivity index is 1.63. The van der Waals surface area contributed by atoms with Gasteiger partial charge in [0.05, 0.1) is 18.6 Å². The Labute approximate surface area is 123 Å². The summed E-state index contributed by atoms with van der Waals surface area (Å²) in [5, 5.41) is 6.17. The Morgan fingerprint density at radius 2 is 2.14 bits per heavy atom. The fourth-order valence-corrected chi connectivity index (χ4v) is 2.45. The van der Waals surface area contributed by atoms with Crippen molar-refractivity contribution < 1.29 is 4.79 Å². The number of benzene rings is 1. The molecule has 3 rings (SSSR count). The molecule has 0 saturated carbocycles. The van der Waals surface area contributed by atoms with Crippen molar-refractivity contribution in [1.82, 2.24) is 14.9 Å². The Hall–Kier alpha value is -2.50. The zero-order chi connectivity index (χ0) is 14.7. The molecule has 2 aromatic rings. The first-order valence-corrected chi connectivity index (χ1v) is 7.16. The van der Waals surface area contributed by atoms with Gasteiger partial charge in [0.15, 0.2) is 0 Å². The fraction of sp³-hybridized carbons (Fsp3) is 0.333. The molecule has 1 fully saturated rings. The number of anilines is 2. The van der Waals surface area contributed by atoms with E-state index in [0.717, 1.165) is 36.7 Å². The first-order chi connectivity index (χ1) is 10.3. The number of nitrogens with zero attached hydrogens (tertiary/aromatic N) is 3. The lowest BCUT2D eigenvalue weighted by molar-refractivity contribution is 0.252. The summed E-state index contributed by atoms with van der Waals surface area (Å²) in [6.45, 7) is 5.18. The molecule has 2 heterocycles. The van der Waals surface area contributed by atoms with Crippen LogP contribution in [0.5, 0.6) is 0 Å². The number of aryl methyl sites for hydroxylation is 1. The molecule has 6 nitrogen and oxygen atoms in total. The molecule has 1 aromatic heterocycles. The maximum absolute atomic E-state index is 11.6. The van der Waals surface area contributed by atoms with Crippen LogP contribution in [0.4, 0.5) is 16.2 Å². The van der Waals surface area contributed by atoms with Crippen molar-refractivity contribution in [2.24, 2.45) is 0 Å². The lowest BCUT2D eigenvalue weighted by Crippen LogP contribution is -2.27. The van der Waals surface area contributed by atoms with E-state index in [9.17, 15) is 4.79 Å². The second kappa shape index (κ2) is 5.87. The van der Waals surface area contributed by atoms with Crippen molar-refractivity contribution in [2.45, 2.75) is 20.0 Å². The molecule has 110 valence electrons. The standard InChI is InChI=1S/C15H19N5O/c1-2-19-11-16-9-14(19)10-18-12-3-5-13(6-4-12)20-8-7-17-15(20)21/h3-6,9,11,18H,2,7-8,10H2,1H3,(H,17,21). The second-order valence-corrected chi connectivity index (χ2v) is 4.95. The smallest absolute Gasteiger partial charge is 0.321 e. The monoisotopic (exact) mass is 285 g/mol. The van der Waals surface area contributed by atoms with Crippen molar-refractivity contribution >= 4 is 17.4 Å². The van der Waals surface area contributed by atoms with Crippen LogP contribution in [0.2, 0.25) is 0 Å². The molecule has 1 aliphatic rings. The van der Waals surface area contributed by atoms with Gasteiger partial charge < -0.3 is 15.2 Å². The van der Waals surface area contributed by atoms with Crippen LogP contribution in [0, 0.1) is 0 Å². The van der Waals surface area contributed by atoms with E-state index in [1.165, 1.54) is 0 Å². The molecule has 0 bridgehead atoms. The van der Waals surface area contributed by atoms with Crippen LogP contribution in [0.1, 0.15) is 12.6 Å². The molecular weight excluding hydrogens is 266 g/mol. The summed E-state index contributed by atoms with van der Waals surface area (Å²) in [6.07, 6.45) is 3.71. The largest absolute Gasteiger partial charge is 0.379 e. The van der Waals surface area contributed by atoms with Crippen molar-refractivity contribution in [3.05, 3.63) is 42.5 Å². The second-order valence-electron chi connectivity index (χ2n) is 4.95. The summed E-state index contributed by atoms with van der Waals surface area (Å²) >= 11 is 0. The highest BCUT2D eigenvalue weighted by atomic mass is 16.2. The minimum absolute atomic E-state index is 0.0254. The number of urea groups is 1. The molecule has 1 saturated heterocycles. The van der Waals surface area contributed by atoms with Crippen LogP contribution in [-0.4, -0.2) is 28.7 Å². The topological polar surface area (TPSA) is 62.2 Å². The fourth-order valence-electron chi connectivity index (χ4n) is 2.45. The van der Waals surface area contributed by atoms with E-state index in [0.29, 0.717) is 6.54 Å². The average Bonchev–Trinajstić information content (AvgIpc) is 3.14. The molecule has 0 radical (unpaired) electrons. The summed E-state index contributed by atoms with van der Waals surface area (Å²) in [7, 11) is 0. The third-order valence-corrected chi connectivity index (χ3v) is 3.65. The van der Waals surface area contributed by atoms with Gasteiger partial charge in [0, 0.05) is 37.2 Å². The van der Waals surface area contributed by atoms with E-state index in [1.54, 1.807) is 4.90 Å². The Bertz CT molecular complexity index is 619. The molecule has 0 aliphatic carbocycles. The van der Waals surface area contributed by atoms with E-state index < -0.39 is 0 Å². The van der Waals surface area contributed by atoms with Crippen molar-refractivity contribution in [3.8, 4) is 0 Å². The van der Waals surface area contributed by atoms with Crippen LogP contribution in [-0.2, 0) is 13.1 Å². The molecule has 2 amide bonds. The van der Waals surface area contributed by atoms with Crippen LogP contribution in [0.3, 0.4) is 0 Å². The summed E-state index contributed by atoms with van der Waals surface area (Å²) in [6, 6.07) is 7.89. The van der Waals surface area contributed by atoms with Crippen molar-refractivity contribution in [2.75, 3.05) is 23.3 Å². The molecule has 2 N–H and O–H groups in total. The van der Waals surface area contributed by atoms with E-state index in [-0.39, 0.29) is 6.03 Å². The zero-order valence-corrected chi connectivity index (χ0v) is 12.0. The highest BCUT2D eigenvalue weighted by Gasteiger charge is 2.20. The van der Waals surface area contributed by atoms with Gasteiger partial charge in [-0.05, 0) is 31.2 Å². The molecule has 0 spiro atoms. The predicted molar refractivity (Wildman–Crippen MR) is 82.4 cm³/mol. The number of carbonyl (C=O) groups excluding carboxylic acids is 1. The molecule has 0 unspecified atom stereocenters. The normalized spacial score (nSPS) is 14.3. The highest BCUT2D eigenvalue weighted by Crippen LogP contribution is 2.19. The molecule has 1 aliphatic heterocycles. The Morgan fingerprint density at radius 3 is 2.81 bits per heavy atom. The van der Waals surface area contributed by atoms with Crippen LogP contribution >= 0.6 is 0 Å². The minimum atomic E-state index is -0.0254. The van der Waals surface area contributed by atoms with Crippen LogP contribution < -0.4 is 15.5 Å². The number of aromatic nitrogens is 2. The van der Waals surface area contributed by atoms with Gasteiger partial charge in [-0.3, -0.25) is 4.90 Å². The molecule has 1 aromatic carbocycles. The molecule has 21 heavy (non-hydrogen) atoms. The van der Waals surface area contributed by atoms with Gasteiger partial charge in [-0.25, -0.2) is 9.78 Å². The van der Waals surface area contributed by atoms with E-state index in [2.05, 4.69) is 27.1 Å². The van der Waals surface area contributed by atoms with Gasteiger partial charge in [-0.15, -0.1) is 0 Å². The molecule has 6 heteroatoms. The summed E-state index contributed by atoms with van der Waals surface area (Å²) in [4.78, 5) is 17.5. The maximum Gasteiger partial charge on any atom is 0.321 e. The Kier molecular flexibility index (Phi) is 3.77. The number of imidazole rings is 1. The van der Waals surface area contributed by atoms with Gasteiger partial charge in [-0.2, -0.15) is 0 Å². The summed E-state index contributed by atoms with van der Waals surface area (Å²) < 4.78 is 2.11. The number of nitrogens with one attached hydrogen (secondary N) is 2. The number of hydrogen-bond acceptors (Lipinski definition) is 3. The molecule has 0 atom stereocenters. The van der Waals surface area contributed by atoms with E-state index in [4.69, 9.17) is 0 Å². The predicted octanol–water partition coefficient (Wildman–Crippen LogP) is 2.04. The van der Waals surface area contributed by atoms with E-state index >= 15 is 0 Å². The Morgan fingerprint density at radius 1 is 1.33 bits per heavy atom. The lowest BCUT2D eigenvalue weighted by Gasteiger charge is -2.15. The van der Waals surface area contributed by atoms with E-state index in [1.807, 2.05) is 36.8 Å². The maximum atomic E-state index is 11.6. The van der Waals surface area contributed by atoms with Gasteiger partial charge in [0.25, 0.3) is 0 Å². The average molecular weight is 285 g/mol. The summed E-state index contributed by atoms with van der Waals surface area (Å²) in [5.41, 5.74) is 3.11. The zero-order valence-electron chi connectivity index (χ0n) is 12.0. The third kappa shape index (κ3) is 2.84. The summed E-state index contributed by atoms with van der Waals surface area (Å²) in [5.74, 6) is 0. The highest BCUT2D eigenvalue weighted by molar-refractivity contribution is 5.94. The van der Waals surface area contributed by atoms with Gasteiger partial charge >= 0.3 is 6.03 Å². The van der Waals surface area contributed by atoms with Crippen LogP contribution in [0.15, 0.2) is 36.8 Å². The number of carbonyl (C=O) groups is 1. The van der Waals surface area contributed by atoms with Gasteiger partial charge in [-0.1, -0.05) is 0 Å². The minimum Gasteiger partial charge on any atom is -0.379 e. The van der Waals surface area contributed by atoms with Gasteiger partial charge in [0.2, 0.25) is 0 Å². The van der Waals surface area contributed by atoms with Gasteiger partial charge in [0.1, 0.15) is 0 Å². The third-order valence-electron chi connectivity index (χ3n) is 3.65. The first kappa shape index (κ1) is 13.5. The van der Waals surface area contributed by atoms with Crippen molar-refractivity contribution in [3.63, 3.8) is 0 Å². The number of hydrogen-bond donors (Lipinski definition) is 2. The lowest BCUT2D eigenvalue weighted by atomic mass is 10.2. The SMILES string of the molecule is CCn1cncc1CNc1ccc(N2CCNC2=O)cc1. The van der Waals surface area contributed by atoms with Crippen LogP contribution in [0.25, 0.3) is 0 Å². The quantitative estimate of drug-likeness (QED) is 0.883. The molecular formula is C15H19N5O. The number of amides is 2. The first-order valence-electron chi connectivity index (χ1n) is 7.16. The number of rotatable bonds is 5.